The van der Waals surface area contributed by atoms with Crippen molar-refractivity contribution in [3.05, 3.63) is 36.2 Å². The second kappa shape index (κ2) is 6.04. The lowest BCUT2D eigenvalue weighted by Gasteiger charge is -2.12. The Morgan fingerprint density at radius 1 is 1.41 bits per heavy atom. The highest BCUT2D eigenvalue weighted by Crippen LogP contribution is 2.38. The van der Waals surface area contributed by atoms with Gasteiger partial charge in [0, 0.05) is 17.8 Å². The van der Waals surface area contributed by atoms with Crippen LogP contribution in [0.15, 0.2) is 29.7 Å². The molecule has 1 aromatic heterocycles. The van der Waals surface area contributed by atoms with Gasteiger partial charge in [-0.25, -0.2) is 8.78 Å². The van der Waals surface area contributed by atoms with E-state index in [-0.39, 0.29) is 11.6 Å². The minimum absolute atomic E-state index is 0.222. The van der Waals surface area contributed by atoms with E-state index in [1.807, 2.05) is 4.57 Å². The van der Waals surface area contributed by atoms with Gasteiger partial charge in [0.1, 0.15) is 6.33 Å². The Hall–Kier alpha value is -1.96. The third-order valence-electron chi connectivity index (χ3n) is 3.32. The maximum atomic E-state index is 13.1. The topological polar surface area (TPSA) is 59.8 Å². The molecule has 5 nitrogen and oxygen atoms in total. The molecule has 3 rings (SSSR count). The van der Waals surface area contributed by atoms with Crippen molar-refractivity contribution in [2.45, 2.75) is 36.2 Å². The van der Waals surface area contributed by atoms with E-state index in [1.54, 1.807) is 13.3 Å². The van der Waals surface area contributed by atoms with Crippen molar-refractivity contribution in [1.82, 2.24) is 14.8 Å². The van der Waals surface area contributed by atoms with Gasteiger partial charge in [0.2, 0.25) is 5.91 Å². The van der Waals surface area contributed by atoms with Crippen molar-refractivity contribution in [1.29, 1.82) is 0 Å². The fourth-order valence-corrected chi connectivity index (χ4v) is 2.84. The summed E-state index contributed by atoms with van der Waals surface area (Å²) in [6, 6.07) is 3.68. The molecule has 1 saturated carbocycles. The van der Waals surface area contributed by atoms with E-state index >= 15 is 0 Å². The van der Waals surface area contributed by atoms with Crippen LogP contribution in [-0.4, -0.2) is 25.9 Å². The Balaban J connectivity index is 1.63. The summed E-state index contributed by atoms with van der Waals surface area (Å²) in [7, 11) is 0. The van der Waals surface area contributed by atoms with E-state index in [0.717, 1.165) is 25.0 Å². The van der Waals surface area contributed by atoms with Gasteiger partial charge in [-0.3, -0.25) is 4.79 Å². The number of aromatic nitrogens is 3. The van der Waals surface area contributed by atoms with E-state index in [2.05, 4.69) is 15.5 Å². The van der Waals surface area contributed by atoms with Crippen LogP contribution in [0.4, 0.5) is 14.5 Å². The number of carbonyl (C=O) groups excluding carboxylic acids is 1. The molecule has 0 aliphatic heterocycles. The van der Waals surface area contributed by atoms with Gasteiger partial charge in [0.25, 0.3) is 0 Å². The Morgan fingerprint density at radius 2 is 2.18 bits per heavy atom. The Morgan fingerprint density at radius 3 is 2.86 bits per heavy atom. The average molecular weight is 324 g/mol. The number of anilines is 1. The van der Waals surface area contributed by atoms with Gasteiger partial charge in [-0.1, -0.05) is 11.8 Å². The standard InChI is InChI=1S/C14H14F2N4OS/c1-8(22-14-19-17-7-20(14)10-3-4-10)13(21)18-9-2-5-11(15)12(16)6-9/h2,5-8,10H,3-4H2,1H3,(H,18,21). The fourth-order valence-electron chi connectivity index (χ4n) is 1.95. The molecule has 2 aromatic rings. The molecule has 1 unspecified atom stereocenters. The molecule has 8 heteroatoms. The van der Waals surface area contributed by atoms with E-state index in [1.165, 1.54) is 17.8 Å². The van der Waals surface area contributed by atoms with Crippen LogP contribution in [0.5, 0.6) is 0 Å². The van der Waals surface area contributed by atoms with Crippen LogP contribution < -0.4 is 5.32 Å². The normalized spacial score (nSPS) is 15.6. The molecule has 1 aromatic carbocycles. The molecular weight excluding hydrogens is 310 g/mol. The van der Waals surface area contributed by atoms with Crippen LogP contribution in [-0.2, 0) is 4.79 Å². The van der Waals surface area contributed by atoms with Gasteiger partial charge < -0.3 is 9.88 Å². The highest BCUT2D eigenvalue weighted by atomic mass is 32.2. The van der Waals surface area contributed by atoms with E-state index in [4.69, 9.17) is 0 Å². The van der Waals surface area contributed by atoms with Gasteiger partial charge >= 0.3 is 0 Å². The Kier molecular flexibility index (Phi) is 4.10. The summed E-state index contributed by atoms with van der Waals surface area (Å²) in [5.74, 6) is -2.24. The third kappa shape index (κ3) is 3.27. The Bertz CT molecular complexity index is 702. The zero-order valence-electron chi connectivity index (χ0n) is 11.8. The maximum Gasteiger partial charge on any atom is 0.237 e. The van der Waals surface area contributed by atoms with Crippen molar-refractivity contribution >= 4 is 23.4 Å². The number of hydrogen-bond acceptors (Lipinski definition) is 4. The van der Waals surface area contributed by atoms with Crippen molar-refractivity contribution < 1.29 is 13.6 Å². The van der Waals surface area contributed by atoms with Crippen LogP contribution in [0.25, 0.3) is 0 Å². The number of hydrogen-bond donors (Lipinski definition) is 1. The quantitative estimate of drug-likeness (QED) is 0.859. The summed E-state index contributed by atoms with van der Waals surface area (Å²) in [5, 5.41) is 10.7. The predicted octanol–water partition coefficient (Wildman–Crippen LogP) is 3.01. The smallest absolute Gasteiger partial charge is 0.237 e. The number of amides is 1. The minimum atomic E-state index is -0.994. The highest BCUT2D eigenvalue weighted by Gasteiger charge is 2.28. The molecule has 1 heterocycles. The second-order valence-corrected chi connectivity index (χ2v) is 6.44. The summed E-state index contributed by atoms with van der Waals surface area (Å²) in [5.41, 5.74) is 0.222. The van der Waals surface area contributed by atoms with Gasteiger partial charge in [0.05, 0.1) is 5.25 Å². The van der Waals surface area contributed by atoms with Crippen LogP contribution in [0.3, 0.4) is 0 Å². The summed E-state index contributed by atoms with van der Waals surface area (Å²) in [6.45, 7) is 1.73. The number of carbonyl (C=O) groups is 1. The molecule has 22 heavy (non-hydrogen) atoms. The summed E-state index contributed by atoms with van der Waals surface area (Å²) in [6.07, 6.45) is 3.86. The molecule has 1 fully saturated rings. The highest BCUT2D eigenvalue weighted by molar-refractivity contribution is 8.00. The van der Waals surface area contributed by atoms with Crippen molar-refractivity contribution in [3.8, 4) is 0 Å². The lowest BCUT2D eigenvalue weighted by Crippen LogP contribution is -2.23. The van der Waals surface area contributed by atoms with E-state index in [0.29, 0.717) is 11.2 Å². The maximum absolute atomic E-state index is 13.1. The predicted molar refractivity (Wildman–Crippen MR) is 78.6 cm³/mol. The molecule has 1 atom stereocenters. The lowest BCUT2D eigenvalue weighted by molar-refractivity contribution is -0.115. The number of rotatable bonds is 5. The third-order valence-corrected chi connectivity index (χ3v) is 4.39. The molecule has 1 aliphatic rings. The molecule has 116 valence electrons. The molecule has 0 bridgehead atoms. The average Bonchev–Trinajstić information content (AvgIpc) is 3.23. The molecule has 0 radical (unpaired) electrons. The summed E-state index contributed by atoms with van der Waals surface area (Å²) in [4.78, 5) is 12.1. The van der Waals surface area contributed by atoms with E-state index < -0.39 is 16.9 Å². The zero-order chi connectivity index (χ0) is 15.7. The molecular formula is C14H14F2N4OS. The van der Waals surface area contributed by atoms with Gasteiger partial charge in [-0.2, -0.15) is 0 Å². The molecule has 0 spiro atoms. The first-order chi connectivity index (χ1) is 10.5. The van der Waals surface area contributed by atoms with Gasteiger partial charge in [-0.05, 0) is 31.9 Å². The van der Waals surface area contributed by atoms with Gasteiger partial charge in [-0.15, -0.1) is 10.2 Å². The first-order valence-corrected chi connectivity index (χ1v) is 7.74. The number of nitrogens with zero attached hydrogens (tertiary/aromatic N) is 3. The first kappa shape index (κ1) is 15.0. The molecule has 0 saturated heterocycles. The second-order valence-electron chi connectivity index (χ2n) is 5.13. The van der Waals surface area contributed by atoms with E-state index in [9.17, 15) is 13.6 Å². The SMILES string of the molecule is CC(Sc1nncn1C1CC1)C(=O)Nc1ccc(F)c(F)c1. The molecule has 1 N–H and O–H groups in total. The number of halogens is 2. The monoisotopic (exact) mass is 324 g/mol. The lowest BCUT2D eigenvalue weighted by atomic mass is 10.3. The van der Waals surface area contributed by atoms with Crippen LogP contribution in [0.1, 0.15) is 25.8 Å². The van der Waals surface area contributed by atoms with Crippen molar-refractivity contribution in [2.75, 3.05) is 5.32 Å². The van der Waals surface area contributed by atoms with Crippen LogP contribution >= 0.6 is 11.8 Å². The summed E-state index contributed by atoms with van der Waals surface area (Å²) < 4.78 is 28.0. The van der Waals surface area contributed by atoms with Crippen LogP contribution in [0.2, 0.25) is 0 Å². The summed E-state index contributed by atoms with van der Waals surface area (Å²) >= 11 is 1.29. The first-order valence-electron chi connectivity index (χ1n) is 6.86. The minimum Gasteiger partial charge on any atom is -0.325 e. The molecule has 1 aliphatic carbocycles. The van der Waals surface area contributed by atoms with Gasteiger partial charge in [0.15, 0.2) is 16.8 Å². The van der Waals surface area contributed by atoms with Crippen molar-refractivity contribution in [3.63, 3.8) is 0 Å². The van der Waals surface area contributed by atoms with Crippen molar-refractivity contribution in [2.24, 2.45) is 0 Å². The number of nitrogens with one attached hydrogen (secondary N) is 1. The Labute approximate surface area is 130 Å². The molecule has 1 amide bonds. The number of thioether (sulfide) groups is 1. The largest absolute Gasteiger partial charge is 0.325 e. The fraction of sp³-hybridized carbons (Fsp3) is 0.357. The zero-order valence-corrected chi connectivity index (χ0v) is 12.6. The van der Waals surface area contributed by atoms with Crippen LogP contribution in [0, 0.1) is 11.6 Å². The number of benzene rings is 1.